The Morgan fingerprint density at radius 2 is 2.00 bits per heavy atom. The number of aromatic nitrogens is 1. The van der Waals surface area contributed by atoms with Crippen molar-refractivity contribution in [2.45, 2.75) is 13.3 Å². The number of phenolic OH excluding ortho intramolecular Hbond substituents is 1. The topological polar surface area (TPSA) is 56.7 Å². The van der Waals surface area contributed by atoms with Gasteiger partial charge in [0, 0.05) is 19.6 Å². The Kier molecular flexibility index (Phi) is 5.41. The highest BCUT2D eigenvalue weighted by molar-refractivity contribution is 7.22. The van der Waals surface area contributed by atoms with Crippen molar-refractivity contribution in [1.29, 1.82) is 0 Å². The highest BCUT2D eigenvalue weighted by Crippen LogP contribution is 2.29. The maximum Gasteiger partial charge on any atom is 0.242 e. The maximum absolute atomic E-state index is 12.9. The lowest BCUT2D eigenvalue weighted by Crippen LogP contribution is -2.41. The van der Waals surface area contributed by atoms with Crippen molar-refractivity contribution in [3.63, 3.8) is 0 Å². The van der Waals surface area contributed by atoms with Crippen molar-refractivity contribution in [3.8, 4) is 5.75 Å². The number of benzene rings is 2. The normalized spacial score (nSPS) is 14.8. The van der Waals surface area contributed by atoms with E-state index in [4.69, 9.17) is 0 Å². The van der Waals surface area contributed by atoms with E-state index in [2.05, 4.69) is 16.0 Å². The van der Waals surface area contributed by atoms with Gasteiger partial charge in [0.25, 0.3) is 0 Å². The molecule has 1 amide bonds. The van der Waals surface area contributed by atoms with Gasteiger partial charge in [0.15, 0.2) is 5.13 Å². The zero-order valence-corrected chi connectivity index (χ0v) is 16.7. The Morgan fingerprint density at radius 3 is 2.68 bits per heavy atom. The number of fused-ring (bicyclic) bond motifs is 1. The minimum absolute atomic E-state index is 0.0861. The fourth-order valence-electron chi connectivity index (χ4n) is 3.46. The van der Waals surface area contributed by atoms with Gasteiger partial charge in [-0.3, -0.25) is 14.6 Å². The molecule has 0 bridgehead atoms. The van der Waals surface area contributed by atoms with E-state index in [1.165, 1.54) is 5.57 Å². The highest BCUT2D eigenvalue weighted by Gasteiger charge is 2.22. The van der Waals surface area contributed by atoms with Crippen molar-refractivity contribution in [1.82, 2.24) is 9.88 Å². The van der Waals surface area contributed by atoms with E-state index in [9.17, 15) is 9.90 Å². The summed E-state index contributed by atoms with van der Waals surface area (Å²) in [5.41, 5.74) is 3.34. The van der Waals surface area contributed by atoms with Crippen LogP contribution in [0.25, 0.3) is 15.8 Å². The summed E-state index contributed by atoms with van der Waals surface area (Å²) in [6.45, 7) is 4.59. The number of carbonyl (C=O) groups is 1. The molecule has 0 unspecified atom stereocenters. The predicted molar refractivity (Wildman–Crippen MR) is 115 cm³/mol. The van der Waals surface area contributed by atoms with Crippen LogP contribution in [0.15, 0.2) is 54.6 Å². The number of phenols is 1. The molecule has 2 heterocycles. The number of rotatable bonds is 5. The van der Waals surface area contributed by atoms with Crippen molar-refractivity contribution < 1.29 is 9.90 Å². The number of thiazole rings is 1. The van der Waals surface area contributed by atoms with Gasteiger partial charge in [0.05, 0.1) is 16.8 Å². The number of aromatic hydroxyl groups is 1. The molecule has 0 atom stereocenters. The maximum atomic E-state index is 12.9. The number of amides is 1. The molecule has 0 saturated carbocycles. The third-order valence-electron chi connectivity index (χ3n) is 5.02. The number of nitrogens with zero attached hydrogens (tertiary/aromatic N) is 3. The first-order valence-corrected chi connectivity index (χ1v) is 10.3. The van der Waals surface area contributed by atoms with E-state index in [1.807, 2.05) is 43.3 Å². The zero-order valence-electron chi connectivity index (χ0n) is 15.8. The lowest BCUT2D eigenvalue weighted by atomic mass is 9.99. The van der Waals surface area contributed by atoms with Crippen molar-refractivity contribution in [3.05, 3.63) is 60.2 Å². The van der Waals surface area contributed by atoms with Crippen LogP contribution in [0.2, 0.25) is 0 Å². The van der Waals surface area contributed by atoms with Gasteiger partial charge in [-0.05, 0) is 48.7 Å². The SMILES string of the molecule is CCN(C(=O)CN1CC=C(c2ccc(O)cc2)CC1)c1nc2ccccc2s1. The predicted octanol–water partition coefficient (Wildman–Crippen LogP) is 4.14. The average molecular weight is 394 g/mol. The molecule has 1 aliphatic rings. The summed E-state index contributed by atoms with van der Waals surface area (Å²) in [7, 11) is 0. The molecule has 2 aromatic carbocycles. The summed E-state index contributed by atoms with van der Waals surface area (Å²) in [5, 5.41) is 10.2. The number of carbonyl (C=O) groups excluding carboxylic acids is 1. The summed E-state index contributed by atoms with van der Waals surface area (Å²) < 4.78 is 1.10. The second-order valence-corrected chi connectivity index (χ2v) is 7.87. The zero-order chi connectivity index (χ0) is 19.5. The summed E-state index contributed by atoms with van der Waals surface area (Å²) in [6.07, 6.45) is 3.07. The van der Waals surface area contributed by atoms with Crippen LogP contribution >= 0.6 is 11.3 Å². The molecule has 1 aliphatic heterocycles. The van der Waals surface area contributed by atoms with Gasteiger partial charge in [-0.2, -0.15) is 0 Å². The summed E-state index contributed by atoms with van der Waals surface area (Å²) in [6, 6.07) is 15.3. The molecule has 144 valence electrons. The molecule has 6 heteroatoms. The quantitative estimate of drug-likeness (QED) is 0.708. The van der Waals surface area contributed by atoms with Gasteiger partial charge in [0.2, 0.25) is 5.91 Å². The van der Waals surface area contributed by atoms with Crippen LogP contribution in [0.5, 0.6) is 5.75 Å². The molecule has 0 spiro atoms. The van der Waals surface area contributed by atoms with Crippen molar-refractivity contribution >= 4 is 38.2 Å². The van der Waals surface area contributed by atoms with E-state index in [0.717, 1.165) is 40.4 Å². The summed E-state index contributed by atoms with van der Waals surface area (Å²) in [5.74, 6) is 0.366. The van der Waals surface area contributed by atoms with E-state index < -0.39 is 0 Å². The number of hydrogen-bond donors (Lipinski definition) is 1. The molecule has 0 saturated heterocycles. The molecular weight excluding hydrogens is 370 g/mol. The van der Waals surface area contributed by atoms with Crippen molar-refractivity contribution in [2.75, 3.05) is 31.1 Å². The summed E-state index contributed by atoms with van der Waals surface area (Å²) >= 11 is 1.56. The lowest BCUT2D eigenvalue weighted by molar-refractivity contribution is -0.119. The van der Waals surface area contributed by atoms with Crippen LogP contribution in [0.1, 0.15) is 18.9 Å². The van der Waals surface area contributed by atoms with Gasteiger partial charge in [-0.25, -0.2) is 4.98 Å². The monoisotopic (exact) mass is 393 g/mol. The first-order valence-electron chi connectivity index (χ1n) is 9.51. The molecule has 0 aliphatic carbocycles. The van der Waals surface area contributed by atoms with Crippen LogP contribution in [-0.2, 0) is 4.79 Å². The second kappa shape index (κ2) is 8.12. The van der Waals surface area contributed by atoms with E-state index >= 15 is 0 Å². The van der Waals surface area contributed by atoms with E-state index in [-0.39, 0.29) is 11.7 Å². The highest BCUT2D eigenvalue weighted by atomic mass is 32.1. The molecule has 3 aromatic rings. The third-order valence-corrected chi connectivity index (χ3v) is 6.08. The standard InChI is InChI=1S/C22H23N3O2S/c1-2-25(22-23-19-5-3-4-6-20(19)28-22)21(27)15-24-13-11-17(12-14-24)16-7-9-18(26)10-8-16/h3-11,26H,2,12-15H2,1H3. The fraction of sp³-hybridized carbons (Fsp3) is 0.273. The smallest absolute Gasteiger partial charge is 0.242 e. The Labute approximate surface area is 168 Å². The van der Waals surface area contributed by atoms with Gasteiger partial charge in [-0.15, -0.1) is 0 Å². The first-order chi connectivity index (χ1) is 13.6. The Hall–Kier alpha value is -2.70. The molecule has 0 radical (unpaired) electrons. The van der Waals surface area contributed by atoms with Gasteiger partial charge < -0.3 is 5.11 Å². The third kappa shape index (κ3) is 3.93. The van der Waals surface area contributed by atoms with E-state index in [1.54, 1.807) is 28.4 Å². The van der Waals surface area contributed by atoms with E-state index in [0.29, 0.717) is 13.1 Å². The summed E-state index contributed by atoms with van der Waals surface area (Å²) in [4.78, 5) is 21.5. The largest absolute Gasteiger partial charge is 0.508 e. The van der Waals surface area contributed by atoms with Crippen LogP contribution < -0.4 is 4.90 Å². The molecule has 0 fully saturated rings. The Balaban J connectivity index is 1.42. The van der Waals surface area contributed by atoms with Crippen molar-refractivity contribution in [2.24, 2.45) is 0 Å². The number of hydrogen-bond acceptors (Lipinski definition) is 5. The van der Waals surface area contributed by atoms with Crippen LogP contribution in [0, 0.1) is 0 Å². The van der Waals surface area contributed by atoms with Gasteiger partial charge in [-0.1, -0.05) is 41.7 Å². The minimum Gasteiger partial charge on any atom is -0.508 e. The number of anilines is 1. The van der Waals surface area contributed by atoms with Gasteiger partial charge >= 0.3 is 0 Å². The van der Waals surface area contributed by atoms with Crippen LogP contribution in [-0.4, -0.2) is 47.1 Å². The lowest BCUT2D eigenvalue weighted by Gasteiger charge is -2.28. The molecule has 5 nitrogen and oxygen atoms in total. The first kappa shape index (κ1) is 18.7. The fourth-order valence-corrected chi connectivity index (χ4v) is 4.51. The molecule has 1 aromatic heterocycles. The minimum atomic E-state index is 0.0861. The van der Waals surface area contributed by atoms with Crippen LogP contribution in [0.3, 0.4) is 0 Å². The molecular formula is C22H23N3O2S. The Morgan fingerprint density at radius 1 is 1.21 bits per heavy atom. The molecule has 4 rings (SSSR count). The molecule has 28 heavy (non-hydrogen) atoms. The average Bonchev–Trinajstić information content (AvgIpc) is 3.13. The second-order valence-electron chi connectivity index (χ2n) is 6.86. The Bertz CT molecular complexity index is 977. The molecule has 1 N–H and O–H groups in total. The number of para-hydroxylation sites is 1. The van der Waals surface area contributed by atoms with Gasteiger partial charge in [0.1, 0.15) is 5.75 Å². The van der Waals surface area contributed by atoms with Crippen LogP contribution in [0.4, 0.5) is 5.13 Å². The number of likely N-dealkylation sites (N-methyl/N-ethyl adjacent to an activating group) is 1.